The quantitative estimate of drug-likeness (QED) is 0.729. The standard InChI is InChI=1S/C20H22N4/c1-4-16-10-8-9-15(2)19(16)23-20-21-14-13-18(22-20)24(3)17-11-6-5-7-12-17/h5-14H,4H2,1-3H3,(H,21,22,23). The number of hydrogen-bond acceptors (Lipinski definition) is 4. The molecule has 0 radical (unpaired) electrons. The number of anilines is 4. The van der Waals surface area contributed by atoms with Gasteiger partial charge < -0.3 is 10.2 Å². The van der Waals surface area contributed by atoms with Crippen molar-refractivity contribution in [3.05, 3.63) is 71.9 Å². The van der Waals surface area contributed by atoms with Gasteiger partial charge in [0.2, 0.25) is 5.95 Å². The molecule has 0 spiro atoms. The number of hydrogen-bond donors (Lipinski definition) is 1. The van der Waals surface area contributed by atoms with Gasteiger partial charge in [-0.05, 0) is 42.7 Å². The maximum Gasteiger partial charge on any atom is 0.229 e. The average molecular weight is 318 g/mol. The van der Waals surface area contributed by atoms with Crippen LogP contribution in [0.25, 0.3) is 0 Å². The Morgan fingerprint density at radius 3 is 2.54 bits per heavy atom. The largest absolute Gasteiger partial charge is 0.329 e. The molecule has 122 valence electrons. The molecule has 4 nitrogen and oxygen atoms in total. The molecule has 0 saturated heterocycles. The van der Waals surface area contributed by atoms with Crippen LogP contribution in [-0.4, -0.2) is 17.0 Å². The van der Waals surface area contributed by atoms with Crippen molar-refractivity contribution in [3.63, 3.8) is 0 Å². The van der Waals surface area contributed by atoms with E-state index in [0.29, 0.717) is 5.95 Å². The van der Waals surface area contributed by atoms with Crippen LogP contribution in [0.5, 0.6) is 0 Å². The average Bonchev–Trinajstić information content (AvgIpc) is 2.64. The second kappa shape index (κ2) is 7.13. The predicted molar refractivity (Wildman–Crippen MR) is 100 cm³/mol. The Labute approximate surface area is 143 Å². The van der Waals surface area contributed by atoms with Crippen molar-refractivity contribution in [3.8, 4) is 0 Å². The van der Waals surface area contributed by atoms with Crippen molar-refractivity contribution in [2.24, 2.45) is 0 Å². The van der Waals surface area contributed by atoms with Crippen LogP contribution in [0, 0.1) is 6.92 Å². The molecule has 4 heteroatoms. The highest BCUT2D eigenvalue weighted by molar-refractivity contribution is 5.65. The zero-order valence-corrected chi connectivity index (χ0v) is 14.3. The molecule has 3 rings (SSSR count). The number of rotatable bonds is 5. The van der Waals surface area contributed by atoms with Gasteiger partial charge in [-0.2, -0.15) is 4.98 Å². The molecule has 24 heavy (non-hydrogen) atoms. The molecule has 0 aliphatic heterocycles. The van der Waals surface area contributed by atoms with Gasteiger partial charge >= 0.3 is 0 Å². The zero-order valence-electron chi connectivity index (χ0n) is 14.3. The lowest BCUT2D eigenvalue weighted by molar-refractivity contribution is 1.07. The molecular formula is C20H22N4. The Morgan fingerprint density at radius 2 is 1.79 bits per heavy atom. The molecule has 0 bridgehead atoms. The molecule has 2 aromatic carbocycles. The fourth-order valence-electron chi connectivity index (χ4n) is 2.69. The molecular weight excluding hydrogens is 296 g/mol. The first-order chi connectivity index (χ1) is 11.7. The lowest BCUT2D eigenvalue weighted by atomic mass is 10.1. The Kier molecular flexibility index (Phi) is 4.75. The fourth-order valence-corrected chi connectivity index (χ4v) is 2.69. The number of benzene rings is 2. The van der Waals surface area contributed by atoms with Gasteiger partial charge in [-0.25, -0.2) is 4.98 Å². The van der Waals surface area contributed by atoms with Crippen LogP contribution in [0.4, 0.5) is 23.1 Å². The number of nitrogens with one attached hydrogen (secondary N) is 1. The topological polar surface area (TPSA) is 41.1 Å². The molecule has 1 N–H and O–H groups in total. The fraction of sp³-hybridized carbons (Fsp3) is 0.200. The van der Waals surface area contributed by atoms with Crippen LogP contribution in [0.15, 0.2) is 60.8 Å². The molecule has 1 heterocycles. The third-order valence-electron chi connectivity index (χ3n) is 4.10. The van der Waals surface area contributed by atoms with Gasteiger partial charge in [-0.3, -0.25) is 0 Å². The van der Waals surface area contributed by atoms with Crippen molar-refractivity contribution >= 4 is 23.1 Å². The SMILES string of the molecule is CCc1cccc(C)c1Nc1nccc(N(C)c2ccccc2)n1. The van der Waals surface area contributed by atoms with Gasteiger partial charge in [-0.15, -0.1) is 0 Å². The van der Waals surface area contributed by atoms with Crippen molar-refractivity contribution in [1.82, 2.24) is 9.97 Å². The summed E-state index contributed by atoms with van der Waals surface area (Å²) in [6.07, 6.45) is 2.75. The van der Waals surface area contributed by atoms with E-state index in [0.717, 1.165) is 23.6 Å². The van der Waals surface area contributed by atoms with E-state index < -0.39 is 0 Å². The van der Waals surface area contributed by atoms with Gasteiger partial charge in [0.05, 0.1) is 0 Å². The van der Waals surface area contributed by atoms with Gasteiger partial charge in [0.25, 0.3) is 0 Å². The molecule has 0 aliphatic carbocycles. The number of nitrogens with zero attached hydrogens (tertiary/aromatic N) is 3. The molecule has 0 atom stereocenters. The lowest BCUT2D eigenvalue weighted by Crippen LogP contribution is -2.12. The molecule has 0 unspecified atom stereocenters. The highest BCUT2D eigenvalue weighted by atomic mass is 15.2. The Bertz CT molecular complexity index is 815. The van der Waals surface area contributed by atoms with E-state index in [9.17, 15) is 0 Å². The second-order valence-corrected chi connectivity index (χ2v) is 5.72. The molecule has 0 fully saturated rings. The smallest absolute Gasteiger partial charge is 0.229 e. The Morgan fingerprint density at radius 1 is 1.00 bits per heavy atom. The minimum Gasteiger partial charge on any atom is -0.329 e. The molecule has 3 aromatic rings. The summed E-state index contributed by atoms with van der Waals surface area (Å²) in [6.45, 7) is 4.25. The molecule has 1 aromatic heterocycles. The van der Waals surface area contributed by atoms with Gasteiger partial charge in [0.15, 0.2) is 0 Å². The first-order valence-electron chi connectivity index (χ1n) is 8.16. The van der Waals surface area contributed by atoms with Crippen LogP contribution < -0.4 is 10.2 Å². The Balaban J connectivity index is 1.89. The number of aryl methyl sites for hydroxylation is 2. The summed E-state index contributed by atoms with van der Waals surface area (Å²) in [5.74, 6) is 1.46. The van der Waals surface area contributed by atoms with Gasteiger partial charge in [0.1, 0.15) is 5.82 Å². The van der Waals surface area contributed by atoms with Crippen LogP contribution >= 0.6 is 0 Å². The van der Waals surface area contributed by atoms with Crippen molar-refractivity contribution < 1.29 is 0 Å². The summed E-state index contributed by atoms with van der Waals surface area (Å²) in [5, 5.41) is 3.39. The van der Waals surface area contributed by atoms with Crippen LogP contribution in [0.2, 0.25) is 0 Å². The minimum atomic E-state index is 0.610. The monoisotopic (exact) mass is 318 g/mol. The maximum atomic E-state index is 4.66. The van der Waals surface area contributed by atoms with Crippen LogP contribution in [0.1, 0.15) is 18.1 Å². The summed E-state index contributed by atoms with van der Waals surface area (Å²) in [7, 11) is 2.01. The van der Waals surface area contributed by atoms with E-state index in [-0.39, 0.29) is 0 Å². The highest BCUT2D eigenvalue weighted by Gasteiger charge is 2.09. The van der Waals surface area contributed by atoms with E-state index in [1.54, 1.807) is 6.20 Å². The summed E-state index contributed by atoms with van der Waals surface area (Å²) in [4.78, 5) is 11.1. The third-order valence-corrected chi connectivity index (χ3v) is 4.10. The number of aromatic nitrogens is 2. The normalized spacial score (nSPS) is 10.5. The summed E-state index contributed by atoms with van der Waals surface area (Å²) >= 11 is 0. The highest BCUT2D eigenvalue weighted by Crippen LogP contribution is 2.26. The first kappa shape index (κ1) is 16.0. The molecule has 0 saturated carbocycles. The Hall–Kier alpha value is -2.88. The van der Waals surface area contributed by atoms with E-state index in [2.05, 4.69) is 59.5 Å². The van der Waals surface area contributed by atoms with Crippen molar-refractivity contribution in [1.29, 1.82) is 0 Å². The third kappa shape index (κ3) is 3.38. The van der Waals surface area contributed by atoms with E-state index in [4.69, 9.17) is 0 Å². The van der Waals surface area contributed by atoms with Crippen LogP contribution in [0.3, 0.4) is 0 Å². The minimum absolute atomic E-state index is 0.610. The summed E-state index contributed by atoms with van der Waals surface area (Å²) in [6, 6.07) is 18.4. The number of para-hydroxylation sites is 2. The lowest BCUT2D eigenvalue weighted by Gasteiger charge is -2.19. The first-order valence-corrected chi connectivity index (χ1v) is 8.16. The van der Waals surface area contributed by atoms with Crippen LogP contribution in [-0.2, 0) is 6.42 Å². The molecule has 0 aliphatic rings. The van der Waals surface area contributed by atoms with Gasteiger partial charge in [0, 0.05) is 24.6 Å². The summed E-state index contributed by atoms with van der Waals surface area (Å²) < 4.78 is 0. The summed E-state index contributed by atoms with van der Waals surface area (Å²) in [5.41, 5.74) is 4.65. The van der Waals surface area contributed by atoms with E-state index >= 15 is 0 Å². The van der Waals surface area contributed by atoms with E-state index in [1.165, 1.54) is 11.1 Å². The van der Waals surface area contributed by atoms with E-state index in [1.807, 2.05) is 36.2 Å². The second-order valence-electron chi connectivity index (χ2n) is 5.72. The van der Waals surface area contributed by atoms with Crippen molar-refractivity contribution in [2.45, 2.75) is 20.3 Å². The molecule has 0 amide bonds. The predicted octanol–water partition coefficient (Wildman–Crippen LogP) is 4.86. The zero-order chi connectivity index (χ0) is 16.9. The van der Waals surface area contributed by atoms with Gasteiger partial charge in [-0.1, -0.05) is 43.3 Å². The maximum absolute atomic E-state index is 4.66. The van der Waals surface area contributed by atoms with Crippen molar-refractivity contribution in [2.75, 3.05) is 17.3 Å².